The summed E-state index contributed by atoms with van der Waals surface area (Å²) in [4.78, 5) is 10.6. The van der Waals surface area contributed by atoms with Crippen LogP contribution in [0.25, 0.3) is 11.1 Å². The van der Waals surface area contributed by atoms with Crippen molar-refractivity contribution >= 4 is 5.97 Å². The summed E-state index contributed by atoms with van der Waals surface area (Å²) >= 11 is 0. The average Bonchev–Trinajstić information content (AvgIpc) is 2.32. The van der Waals surface area contributed by atoms with Gasteiger partial charge in [-0.2, -0.15) is 0 Å². The van der Waals surface area contributed by atoms with E-state index in [0.717, 1.165) is 5.56 Å². The van der Waals surface area contributed by atoms with Crippen molar-refractivity contribution in [2.24, 2.45) is 0 Å². The first-order valence-corrected chi connectivity index (χ1v) is 5.36. The molecule has 0 aromatic heterocycles. The minimum Gasteiger partial charge on any atom is -0.508 e. The lowest BCUT2D eigenvalue weighted by atomic mass is 10.0. The van der Waals surface area contributed by atoms with Gasteiger partial charge in [0.2, 0.25) is 0 Å². The highest BCUT2D eigenvalue weighted by Crippen LogP contribution is 2.24. The SMILES string of the molecule is O=C(O)Cc1cc(-c2ccc(O)cc2)ccc1F. The van der Waals surface area contributed by atoms with Crippen molar-refractivity contribution in [3.8, 4) is 16.9 Å². The summed E-state index contributed by atoms with van der Waals surface area (Å²) in [7, 11) is 0. The third-order valence-electron chi connectivity index (χ3n) is 2.59. The van der Waals surface area contributed by atoms with Crippen LogP contribution >= 0.6 is 0 Å². The lowest BCUT2D eigenvalue weighted by molar-refractivity contribution is -0.136. The van der Waals surface area contributed by atoms with E-state index in [-0.39, 0.29) is 17.7 Å². The Morgan fingerprint density at radius 3 is 2.28 bits per heavy atom. The van der Waals surface area contributed by atoms with Crippen LogP contribution in [-0.4, -0.2) is 16.2 Å². The number of aromatic hydroxyl groups is 1. The summed E-state index contributed by atoms with van der Waals surface area (Å²) in [5.41, 5.74) is 1.65. The Kier molecular flexibility index (Phi) is 3.28. The number of carboxylic acid groups (broad SMARTS) is 1. The largest absolute Gasteiger partial charge is 0.508 e. The Morgan fingerprint density at radius 2 is 1.67 bits per heavy atom. The molecule has 2 aromatic rings. The normalized spacial score (nSPS) is 10.3. The number of hydrogen-bond acceptors (Lipinski definition) is 2. The van der Waals surface area contributed by atoms with Crippen LogP contribution in [0.1, 0.15) is 5.56 Å². The molecule has 0 bridgehead atoms. The van der Waals surface area contributed by atoms with E-state index >= 15 is 0 Å². The zero-order valence-electron chi connectivity index (χ0n) is 9.43. The first-order valence-electron chi connectivity index (χ1n) is 5.36. The van der Waals surface area contributed by atoms with Crippen molar-refractivity contribution in [3.05, 3.63) is 53.8 Å². The number of aliphatic carboxylic acids is 1. The highest BCUT2D eigenvalue weighted by molar-refractivity contribution is 5.72. The van der Waals surface area contributed by atoms with Gasteiger partial charge in [-0.1, -0.05) is 18.2 Å². The first-order chi connectivity index (χ1) is 8.56. The molecule has 92 valence electrons. The van der Waals surface area contributed by atoms with Crippen LogP contribution in [0.4, 0.5) is 4.39 Å². The van der Waals surface area contributed by atoms with Crippen LogP contribution in [0.3, 0.4) is 0 Å². The Morgan fingerprint density at radius 1 is 1.06 bits per heavy atom. The van der Waals surface area contributed by atoms with Gasteiger partial charge in [0, 0.05) is 0 Å². The lowest BCUT2D eigenvalue weighted by Crippen LogP contribution is -2.02. The van der Waals surface area contributed by atoms with Gasteiger partial charge in [0.05, 0.1) is 6.42 Å². The number of phenols is 1. The lowest BCUT2D eigenvalue weighted by Gasteiger charge is -2.05. The Bertz CT molecular complexity index is 576. The van der Waals surface area contributed by atoms with Crippen molar-refractivity contribution in [1.82, 2.24) is 0 Å². The number of rotatable bonds is 3. The van der Waals surface area contributed by atoms with Crippen LogP contribution < -0.4 is 0 Å². The summed E-state index contributed by atoms with van der Waals surface area (Å²) in [6.07, 6.45) is -0.349. The standard InChI is InChI=1S/C14H11FO3/c15-13-6-3-10(7-11(13)8-14(17)18)9-1-4-12(16)5-2-9/h1-7,16H,8H2,(H,17,18). The number of halogens is 1. The minimum absolute atomic E-state index is 0.145. The topological polar surface area (TPSA) is 57.5 Å². The van der Waals surface area contributed by atoms with Crippen molar-refractivity contribution in [2.75, 3.05) is 0 Å². The van der Waals surface area contributed by atoms with E-state index in [4.69, 9.17) is 5.11 Å². The van der Waals surface area contributed by atoms with Gasteiger partial charge in [-0.15, -0.1) is 0 Å². The maximum Gasteiger partial charge on any atom is 0.307 e. The molecule has 0 atom stereocenters. The Labute approximate surface area is 103 Å². The molecule has 0 heterocycles. The summed E-state index contributed by atoms with van der Waals surface area (Å²) in [6.45, 7) is 0. The van der Waals surface area contributed by atoms with E-state index in [1.165, 1.54) is 24.3 Å². The van der Waals surface area contributed by atoms with Crippen LogP contribution in [0, 0.1) is 5.82 Å². The fourth-order valence-corrected chi connectivity index (χ4v) is 1.71. The van der Waals surface area contributed by atoms with Crippen LogP contribution in [0.15, 0.2) is 42.5 Å². The zero-order chi connectivity index (χ0) is 13.1. The van der Waals surface area contributed by atoms with Crippen molar-refractivity contribution < 1.29 is 19.4 Å². The van der Waals surface area contributed by atoms with Crippen molar-refractivity contribution in [1.29, 1.82) is 0 Å². The van der Waals surface area contributed by atoms with Gasteiger partial charge in [0.25, 0.3) is 0 Å². The summed E-state index contributed by atoms with van der Waals surface area (Å²) in [5, 5.41) is 17.9. The van der Waals surface area contributed by atoms with Crippen LogP contribution in [0.5, 0.6) is 5.75 Å². The van der Waals surface area contributed by atoms with E-state index in [0.29, 0.717) is 5.56 Å². The van der Waals surface area contributed by atoms with E-state index in [2.05, 4.69) is 0 Å². The fourth-order valence-electron chi connectivity index (χ4n) is 1.71. The number of phenolic OH excluding ortho intramolecular Hbond substituents is 1. The van der Waals surface area contributed by atoms with Gasteiger partial charge in [-0.25, -0.2) is 4.39 Å². The Balaban J connectivity index is 2.40. The molecule has 0 fully saturated rings. The number of benzene rings is 2. The van der Waals surface area contributed by atoms with Gasteiger partial charge in [-0.3, -0.25) is 4.79 Å². The maximum absolute atomic E-state index is 13.4. The number of carboxylic acids is 1. The first kappa shape index (κ1) is 12.1. The molecule has 2 rings (SSSR count). The second-order valence-electron chi connectivity index (χ2n) is 3.92. The third-order valence-corrected chi connectivity index (χ3v) is 2.59. The van der Waals surface area contributed by atoms with Crippen molar-refractivity contribution in [3.63, 3.8) is 0 Å². The number of hydrogen-bond donors (Lipinski definition) is 2. The predicted octanol–water partition coefficient (Wildman–Crippen LogP) is 2.83. The molecule has 0 unspecified atom stereocenters. The molecule has 0 radical (unpaired) electrons. The van der Waals surface area contributed by atoms with E-state index in [1.54, 1.807) is 18.2 Å². The molecule has 2 N–H and O–H groups in total. The van der Waals surface area contributed by atoms with Gasteiger partial charge < -0.3 is 10.2 Å². The van der Waals surface area contributed by atoms with Gasteiger partial charge in [0.1, 0.15) is 11.6 Å². The second kappa shape index (κ2) is 4.87. The molecule has 0 aliphatic carbocycles. The predicted molar refractivity (Wildman–Crippen MR) is 64.8 cm³/mol. The second-order valence-corrected chi connectivity index (χ2v) is 3.92. The van der Waals surface area contributed by atoms with Crippen molar-refractivity contribution in [2.45, 2.75) is 6.42 Å². The monoisotopic (exact) mass is 246 g/mol. The van der Waals surface area contributed by atoms with Crippen LogP contribution in [0.2, 0.25) is 0 Å². The van der Waals surface area contributed by atoms with Crippen LogP contribution in [-0.2, 0) is 11.2 Å². The molecular formula is C14H11FO3. The molecule has 18 heavy (non-hydrogen) atoms. The Hall–Kier alpha value is -2.36. The molecule has 0 amide bonds. The molecule has 0 aliphatic heterocycles. The third kappa shape index (κ3) is 2.66. The molecule has 2 aromatic carbocycles. The van der Waals surface area contributed by atoms with E-state index < -0.39 is 11.8 Å². The quantitative estimate of drug-likeness (QED) is 0.875. The van der Waals surface area contributed by atoms with E-state index in [1.807, 2.05) is 0 Å². The molecule has 4 heteroatoms. The molecular weight excluding hydrogens is 235 g/mol. The van der Waals surface area contributed by atoms with Gasteiger partial charge >= 0.3 is 5.97 Å². The summed E-state index contributed by atoms with van der Waals surface area (Å²) in [6, 6.07) is 10.8. The molecule has 0 aliphatic rings. The fraction of sp³-hybridized carbons (Fsp3) is 0.0714. The molecule has 0 saturated carbocycles. The summed E-state index contributed by atoms with van der Waals surface area (Å²) in [5.74, 6) is -1.46. The average molecular weight is 246 g/mol. The minimum atomic E-state index is -1.07. The summed E-state index contributed by atoms with van der Waals surface area (Å²) < 4.78 is 13.4. The smallest absolute Gasteiger partial charge is 0.307 e. The highest BCUT2D eigenvalue weighted by atomic mass is 19.1. The number of carbonyl (C=O) groups is 1. The maximum atomic E-state index is 13.4. The molecule has 0 saturated heterocycles. The highest BCUT2D eigenvalue weighted by Gasteiger charge is 2.08. The van der Waals surface area contributed by atoms with Gasteiger partial charge in [-0.05, 0) is 41.0 Å². The van der Waals surface area contributed by atoms with E-state index in [9.17, 15) is 14.3 Å². The molecule has 0 spiro atoms. The zero-order valence-corrected chi connectivity index (χ0v) is 9.43. The molecule has 3 nitrogen and oxygen atoms in total. The van der Waals surface area contributed by atoms with Gasteiger partial charge in [0.15, 0.2) is 0 Å².